The third kappa shape index (κ3) is 4.05. The van der Waals surface area contributed by atoms with E-state index in [4.69, 9.17) is 11.6 Å². The number of pyridine rings is 1. The smallest absolute Gasteiger partial charge is 0.274 e. The zero-order chi connectivity index (χ0) is 16.8. The van der Waals surface area contributed by atoms with Crippen LogP contribution in [-0.4, -0.2) is 20.9 Å². The number of carbonyl (C=O) groups is 1. The Kier molecular flexibility index (Phi) is 4.98. The molecule has 0 spiro atoms. The van der Waals surface area contributed by atoms with Crippen LogP contribution < -0.4 is 10.6 Å². The fourth-order valence-electron chi connectivity index (χ4n) is 2.02. The molecule has 0 aliphatic rings. The van der Waals surface area contributed by atoms with Crippen LogP contribution in [0.5, 0.6) is 0 Å². The highest BCUT2D eigenvalue weighted by Crippen LogP contribution is 2.21. The summed E-state index contributed by atoms with van der Waals surface area (Å²) in [6.07, 6.45) is 4.79. The summed E-state index contributed by atoms with van der Waals surface area (Å²) in [5.74, 6) is 0.212. The SMILES string of the molecule is O=C(Nc1ccccc1Cl)c1cc(NCc2ccncc2)ncn1. The molecule has 2 aromatic heterocycles. The van der Waals surface area contributed by atoms with Gasteiger partial charge in [0.15, 0.2) is 0 Å². The molecule has 120 valence electrons. The molecule has 0 saturated heterocycles. The van der Waals surface area contributed by atoms with E-state index < -0.39 is 0 Å². The molecule has 0 radical (unpaired) electrons. The Hall–Kier alpha value is -2.99. The third-order valence-electron chi connectivity index (χ3n) is 3.24. The number of benzene rings is 1. The van der Waals surface area contributed by atoms with E-state index in [2.05, 4.69) is 25.6 Å². The van der Waals surface area contributed by atoms with E-state index in [0.717, 1.165) is 5.56 Å². The first-order valence-corrected chi connectivity index (χ1v) is 7.61. The van der Waals surface area contributed by atoms with Crippen LogP contribution in [0.2, 0.25) is 5.02 Å². The predicted molar refractivity (Wildman–Crippen MR) is 93.0 cm³/mol. The van der Waals surface area contributed by atoms with E-state index in [9.17, 15) is 4.79 Å². The van der Waals surface area contributed by atoms with Crippen LogP contribution in [0.15, 0.2) is 61.2 Å². The van der Waals surface area contributed by atoms with Gasteiger partial charge in [0.1, 0.15) is 17.8 Å². The number of aromatic nitrogens is 3. The average Bonchev–Trinajstić information content (AvgIpc) is 2.63. The molecule has 0 unspecified atom stereocenters. The summed E-state index contributed by atoms with van der Waals surface area (Å²) in [6, 6.07) is 12.4. The van der Waals surface area contributed by atoms with E-state index in [1.165, 1.54) is 6.33 Å². The molecule has 2 N–H and O–H groups in total. The van der Waals surface area contributed by atoms with Crippen molar-refractivity contribution < 1.29 is 4.79 Å². The van der Waals surface area contributed by atoms with Crippen molar-refractivity contribution in [1.29, 1.82) is 0 Å². The molecule has 0 atom stereocenters. The van der Waals surface area contributed by atoms with Gasteiger partial charge < -0.3 is 10.6 Å². The van der Waals surface area contributed by atoms with E-state index in [0.29, 0.717) is 23.1 Å². The fraction of sp³-hybridized carbons (Fsp3) is 0.0588. The lowest BCUT2D eigenvalue weighted by Gasteiger charge is -2.08. The molecule has 0 aliphatic carbocycles. The second-order valence-electron chi connectivity index (χ2n) is 4.93. The van der Waals surface area contributed by atoms with Crippen LogP contribution in [0.4, 0.5) is 11.5 Å². The maximum atomic E-state index is 12.3. The quantitative estimate of drug-likeness (QED) is 0.744. The maximum Gasteiger partial charge on any atom is 0.274 e. The van der Waals surface area contributed by atoms with Crippen LogP contribution >= 0.6 is 11.6 Å². The van der Waals surface area contributed by atoms with Gasteiger partial charge in [-0.05, 0) is 29.8 Å². The van der Waals surface area contributed by atoms with Crippen molar-refractivity contribution >= 4 is 29.0 Å². The number of anilines is 2. The first-order valence-electron chi connectivity index (χ1n) is 7.23. The van der Waals surface area contributed by atoms with Gasteiger partial charge in [-0.15, -0.1) is 0 Å². The summed E-state index contributed by atoms with van der Waals surface area (Å²) in [5, 5.41) is 6.35. The molecule has 1 aromatic carbocycles. The number of para-hydroxylation sites is 1. The molecule has 24 heavy (non-hydrogen) atoms. The van der Waals surface area contributed by atoms with Crippen molar-refractivity contribution in [3.05, 3.63) is 77.5 Å². The topological polar surface area (TPSA) is 79.8 Å². The summed E-state index contributed by atoms with van der Waals surface area (Å²) < 4.78 is 0. The van der Waals surface area contributed by atoms with Gasteiger partial charge in [0.2, 0.25) is 0 Å². The third-order valence-corrected chi connectivity index (χ3v) is 3.57. The van der Waals surface area contributed by atoms with Gasteiger partial charge in [0.05, 0.1) is 10.7 Å². The second-order valence-corrected chi connectivity index (χ2v) is 5.34. The number of nitrogens with one attached hydrogen (secondary N) is 2. The van der Waals surface area contributed by atoms with Crippen LogP contribution in [-0.2, 0) is 6.54 Å². The predicted octanol–water partition coefficient (Wildman–Crippen LogP) is 3.39. The monoisotopic (exact) mass is 339 g/mol. The van der Waals surface area contributed by atoms with Gasteiger partial charge in [-0.3, -0.25) is 9.78 Å². The molecule has 0 saturated carbocycles. The Morgan fingerprint density at radius 3 is 2.67 bits per heavy atom. The van der Waals surface area contributed by atoms with Gasteiger partial charge in [0.25, 0.3) is 5.91 Å². The molecule has 0 bridgehead atoms. The van der Waals surface area contributed by atoms with Crippen molar-refractivity contribution in [2.75, 3.05) is 10.6 Å². The number of carbonyl (C=O) groups excluding carboxylic acids is 1. The zero-order valence-electron chi connectivity index (χ0n) is 12.6. The largest absolute Gasteiger partial charge is 0.366 e. The molecular weight excluding hydrogens is 326 g/mol. The average molecular weight is 340 g/mol. The molecule has 2 heterocycles. The van der Waals surface area contributed by atoms with Crippen molar-refractivity contribution in [3.63, 3.8) is 0 Å². The van der Waals surface area contributed by atoms with Crippen molar-refractivity contribution in [1.82, 2.24) is 15.0 Å². The van der Waals surface area contributed by atoms with Gasteiger partial charge in [-0.25, -0.2) is 9.97 Å². The zero-order valence-corrected chi connectivity index (χ0v) is 13.4. The highest BCUT2D eigenvalue weighted by molar-refractivity contribution is 6.33. The fourth-order valence-corrected chi connectivity index (χ4v) is 2.20. The van der Waals surface area contributed by atoms with Gasteiger partial charge in [-0.2, -0.15) is 0 Å². The summed E-state index contributed by atoms with van der Waals surface area (Å²) >= 11 is 6.04. The highest BCUT2D eigenvalue weighted by Gasteiger charge is 2.10. The molecule has 0 fully saturated rings. The summed E-state index contributed by atoms with van der Waals surface area (Å²) in [7, 11) is 0. The number of hydrogen-bond donors (Lipinski definition) is 2. The lowest BCUT2D eigenvalue weighted by atomic mass is 10.2. The maximum absolute atomic E-state index is 12.3. The van der Waals surface area contributed by atoms with E-state index in [1.54, 1.807) is 42.7 Å². The van der Waals surface area contributed by atoms with Gasteiger partial charge >= 0.3 is 0 Å². The van der Waals surface area contributed by atoms with E-state index in [-0.39, 0.29) is 11.6 Å². The highest BCUT2D eigenvalue weighted by atomic mass is 35.5. The van der Waals surface area contributed by atoms with Crippen molar-refractivity contribution in [2.45, 2.75) is 6.54 Å². The Bertz CT molecular complexity index is 841. The molecule has 7 heteroatoms. The second kappa shape index (κ2) is 7.52. The summed E-state index contributed by atoms with van der Waals surface area (Å²) in [6.45, 7) is 0.575. The number of rotatable bonds is 5. The normalized spacial score (nSPS) is 10.2. The number of amides is 1. The number of halogens is 1. The minimum absolute atomic E-state index is 0.252. The Morgan fingerprint density at radius 2 is 1.88 bits per heavy atom. The lowest BCUT2D eigenvalue weighted by Crippen LogP contribution is -2.15. The molecule has 1 amide bonds. The van der Waals surface area contributed by atoms with Crippen LogP contribution in [0, 0.1) is 0 Å². The van der Waals surface area contributed by atoms with E-state index in [1.807, 2.05) is 12.1 Å². The molecular formula is C17H14ClN5O. The summed E-state index contributed by atoms with van der Waals surface area (Å²) in [5.41, 5.74) is 1.85. The van der Waals surface area contributed by atoms with Crippen LogP contribution in [0.25, 0.3) is 0 Å². The Balaban J connectivity index is 1.68. The lowest BCUT2D eigenvalue weighted by molar-refractivity contribution is 0.102. The van der Waals surface area contributed by atoms with Crippen molar-refractivity contribution in [2.24, 2.45) is 0 Å². The molecule has 6 nitrogen and oxygen atoms in total. The molecule has 3 aromatic rings. The Morgan fingerprint density at radius 1 is 1.08 bits per heavy atom. The Labute approximate surface area is 143 Å². The minimum atomic E-state index is -0.350. The number of nitrogens with zero attached hydrogens (tertiary/aromatic N) is 3. The van der Waals surface area contributed by atoms with E-state index >= 15 is 0 Å². The molecule has 0 aliphatic heterocycles. The first kappa shape index (κ1) is 15.9. The van der Waals surface area contributed by atoms with Crippen LogP contribution in [0.1, 0.15) is 16.1 Å². The standard InChI is InChI=1S/C17H14ClN5O/c18-13-3-1-2-4-14(13)23-17(24)15-9-16(22-11-21-15)20-10-12-5-7-19-8-6-12/h1-9,11H,10H2,(H,23,24)(H,20,21,22). The van der Waals surface area contributed by atoms with Gasteiger partial charge in [0, 0.05) is 25.0 Å². The first-order chi connectivity index (χ1) is 11.7. The van der Waals surface area contributed by atoms with Crippen LogP contribution in [0.3, 0.4) is 0 Å². The summed E-state index contributed by atoms with van der Waals surface area (Å²) in [4.78, 5) is 24.4. The minimum Gasteiger partial charge on any atom is -0.366 e. The number of hydrogen-bond acceptors (Lipinski definition) is 5. The van der Waals surface area contributed by atoms with Crippen molar-refractivity contribution in [3.8, 4) is 0 Å². The van der Waals surface area contributed by atoms with Gasteiger partial charge in [-0.1, -0.05) is 23.7 Å². The molecule has 3 rings (SSSR count).